The van der Waals surface area contributed by atoms with Crippen molar-refractivity contribution in [3.63, 3.8) is 0 Å². The van der Waals surface area contributed by atoms with Gasteiger partial charge in [0.15, 0.2) is 18.4 Å². The molecule has 8 aliphatic rings. The summed E-state index contributed by atoms with van der Waals surface area (Å²) in [7, 11) is 0. The van der Waals surface area contributed by atoms with Crippen LogP contribution in [-0.2, 0) is 28.4 Å². The fourth-order valence-corrected chi connectivity index (χ4v) is 13.3. The van der Waals surface area contributed by atoms with Crippen molar-refractivity contribution in [2.45, 2.75) is 185 Å². The van der Waals surface area contributed by atoms with Gasteiger partial charge in [0.05, 0.1) is 37.1 Å². The molecule has 7 N–H and O–H groups in total. The van der Waals surface area contributed by atoms with Crippen molar-refractivity contribution in [2.75, 3.05) is 6.61 Å². The van der Waals surface area contributed by atoms with Gasteiger partial charge in [-0.05, 0) is 112 Å². The van der Waals surface area contributed by atoms with Crippen molar-refractivity contribution < 1.29 is 64.2 Å². The second-order valence-electron chi connectivity index (χ2n) is 18.9. The number of fused-ring (bicyclic) bond motifs is 7. The van der Waals surface area contributed by atoms with Gasteiger partial charge in [0.25, 0.3) is 0 Å². The van der Waals surface area contributed by atoms with Crippen LogP contribution in [0.2, 0.25) is 0 Å². The summed E-state index contributed by atoms with van der Waals surface area (Å²) in [5.74, 6) is 1.02. The summed E-state index contributed by atoms with van der Waals surface area (Å²) < 4.78 is 37.4. The summed E-state index contributed by atoms with van der Waals surface area (Å²) in [6.07, 6.45) is -7.25. The summed E-state index contributed by atoms with van der Waals surface area (Å²) >= 11 is 0. The summed E-state index contributed by atoms with van der Waals surface area (Å²) in [5, 5.41) is 76.2. The number of ether oxygens (including phenoxy) is 6. The van der Waals surface area contributed by atoms with Crippen molar-refractivity contribution in [3.8, 4) is 0 Å². The highest BCUT2D eigenvalue weighted by Crippen LogP contribution is 2.71. The molecule has 8 fully saturated rings. The minimum absolute atomic E-state index is 0.000794. The first kappa shape index (κ1) is 38.4. The molecule has 0 amide bonds. The van der Waals surface area contributed by atoms with E-state index in [0.29, 0.717) is 49.0 Å². The molecule has 4 saturated heterocycles. The third-order valence-corrected chi connectivity index (χ3v) is 16.1. The lowest BCUT2D eigenvalue weighted by molar-refractivity contribution is -0.368. The Hall–Kier alpha value is -0.520. The molecule has 4 aliphatic heterocycles. The number of aliphatic hydroxyl groups excluding tert-OH is 7. The van der Waals surface area contributed by atoms with Crippen molar-refractivity contribution >= 4 is 0 Å². The average Bonchev–Trinajstić information content (AvgIpc) is 3.56. The predicted molar refractivity (Wildman–Crippen MR) is 183 cm³/mol. The van der Waals surface area contributed by atoms with E-state index >= 15 is 0 Å². The fraction of sp³-hybridized carbons (Fsp3) is 1.00. The van der Waals surface area contributed by atoms with Crippen LogP contribution in [0.5, 0.6) is 0 Å². The molecule has 298 valence electrons. The van der Waals surface area contributed by atoms with Crippen LogP contribution in [0.25, 0.3) is 0 Å². The van der Waals surface area contributed by atoms with Gasteiger partial charge in [-0.1, -0.05) is 27.7 Å². The van der Waals surface area contributed by atoms with Gasteiger partial charge in [-0.15, -0.1) is 0 Å². The van der Waals surface area contributed by atoms with E-state index in [-0.39, 0.29) is 34.9 Å². The van der Waals surface area contributed by atoms with Crippen LogP contribution >= 0.6 is 0 Å². The molecule has 4 aliphatic carbocycles. The van der Waals surface area contributed by atoms with Crippen LogP contribution in [0, 0.1) is 52.3 Å². The summed E-state index contributed by atoms with van der Waals surface area (Å²) in [6, 6.07) is 0. The summed E-state index contributed by atoms with van der Waals surface area (Å²) in [4.78, 5) is 0. The molecule has 13 heteroatoms. The van der Waals surface area contributed by atoms with Crippen LogP contribution in [0.1, 0.15) is 92.9 Å². The number of rotatable bonds is 4. The van der Waals surface area contributed by atoms with E-state index in [9.17, 15) is 35.7 Å². The van der Waals surface area contributed by atoms with Gasteiger partial charge in [-0.2, -0.15) is 0 Å². The first-order valence-corrected chi connectivity index (χ1v) is 20.2. The lowest BCUT2D eigenvalue weighted by atomic mass is 9.43. The SMILES string of the molecule is C[C@@H]1CO[C@@]2(OC3C[C@H]4C5C[C@H](O)[C@H]6C[C@@H](O[C@@H]7O[C@H](C)[C@@H](O)[C@H](O)[C@H]7O[C@@H]7O[C@H](C)[C@H](O)[C@H](O)[C@H]7O)CC[C@]6(C)C5CC[C@]4(C)C3[C@@H]2C)[C@H](O)C1. The fourth-order valence-electron chi connectivity index (χ4n) is 13.3. The molecule has 4 unspecified atom stereocenters. The van der Waals surface area contributed by atoms with E-state index in [4.69, 9.17) is 28.4 Å². The zero-order valence-electron chi connectivity index (χ0n) is 31.6. The zero-order chi connectivity index (χ0) is 37.2. The molecule has 0 radical (unpaired) electrons. The highest BCUT2D eigenvalue weighted by Gasteiger charge is 2.71. The zero-order valence-corrected chi connectivity index (χ0v) is 31.6. The Labute approximate surface area is 307 Å². The van der Waals surface area contributed by atoms with E-state index in [1.165, 1.54) is 0 Å². The monoisotopic (exact) mass is 740 g/mol. The van der Waals surface area contributed by atoms with Gasteiger partial charge < -0.3 is 64.2 Å². The molecule has 0 aromatic heterocycles. The molecular formula is C39H64O13. The minimum Gasteiger partial charge on any atom is -0.393 e. The van der Waals surface area contributed by atoms with E-state index < -0.39 is 79.4 Å². The Kier molecular flexibility index (Phi) is 10.0. The second-order valence-corrected chi connectivity index (χ2v) is 18.9. The molecular weight excluding hydrogens is 676 g/mol. The van der Waals surface area contributed by atoms with Gasteiger partial charge >= 0.3 is 0 Å². The van der Waals surface area contributed by atoms with Gasteiger partial charge in [0.1, 0.15) is 42.7 Å². The van der Waals surface area contributed by atoms with E-state index in [0.717, 1.165) is 38.5 Å². The van der Waals surface area contributed by atoms with Gasteiger partial charge in [0.2, 0.25) is 0 Å². The summed E-state index contributed by atoms with van der Waals surface area (Å²) in [5.41, 5.74) is -0.0473. The van der Waals surface area contributed by atoms with Crippen molar-refractivity contribution in [3.05, 3.63) is 0 Å². The van der Waals surface area contributed by atoms with Crippen molar-refractivity contribution in [1.29, 1.82) is 0 Å². The van der Waals surface area contributed by atoms with Crippen LogP contribution in [-0.4, -0.2) is 134 Å². The number of hydrogen-bond donors (Lipinski definition) is 7. The molecule has 52 heavy (non-hydrogen) atoms. The van der Waals surface area contributed by atoms with Crippen molar-refractivity contribution in [2.24, 2.45) is 52.3 Å². The molecule has 1 spiro atoms. The highest BCUT2D eigenvalue weighted by molar-refractivity contribution is 5.17. The molecule has 8 rings (SSSR count). The first-order chi connectivity index (χ1) is 24.5. The standard InChI is InChI=1S/C39H64O13/c1-16-11-27(41)39(47-15-16)17(2)28-26(52-39)14-23-21-13-25(40)24-12-20(7-9-37(24,5)22(21)8-10-38(23,28)6)50-36-34(32(45)30(43)19(4)49-36)51-35-33(46)31(44)29(42)18(3)48-35/h16-36,40-46H,7-15H2,1-6H3/t16-,17-,18+,19+,20-,21?,22?,23-,24+,25-,26?,27+,28?,29-,30+,31-,32-,33+,34+,35-,36-,37+,38-,39-/m0/s1. The first-order valence-electron chi connectivity index (χ1n) is 20.2. The highest BCUT2D eigenvalue weighted by atomic mass is 16.8. The molecule has 0 aromatic carbocycles. The Morgan fingerprint density at radius 1 is 0.635 bits per heavy atom. The third-order valence-electron chi connectivity index (χ3n) is 16.1. The topological polar surface area (TPSA) is 197 Å². The van der Waals surface area contributed by atoms with Crippen molar-refractivity contribution in [1.82, 2.24) is 0 Å². The maximum absolute atomic E-state index is 12.0. The van der Waals surface area contributed by atoms with Gasteiger partial charge in [0, 0.05) is 5.92 Å². The maximum Gasteiger partial charge on any atom is 0.197 e. The Balaban J connectivity index is 0.958. The second kappa shape index (κ2) is 13.6. The van der Waals surface area contributed by atoms with E-state index in [1.54, 1.807) is 13.8 Å². The Morgan fingerprint density at radius 2 is 1.31 bits per heavy atom. The van der Waals surface area contributed by atoms with E-state index in [2.05, 4.69) is 27.7 Å². The molecule has 0 bridgehead atoms. The molecule has 4 saturated carbocycles. The lowest BCUT2D eigenvalue weighted by Gasteiger charge is -2.62. The minimum atomic E-state index is -1.60. The number of aliphatic hydroxyl groups is 7. The van der Waals surface area contributed by atoms with Gasteiger partial charge in [-0.25, -0.2) is 0 Å². The normalized spacial score (nSPS) is 61.9. The number of hydrogen-bond acceptors (Lipinski definition) is 13. The van der Waals surface area contributed by atoms with Crippen LogP contribution < -0.4 is 0 Å². The third kappa shape index (κ3) is 5.73. The van der Waals surface area contributed by atoms with Crippen LogP contribution in [0.3, 0.4) is 0 Å². The Bertz CT molecular complexity index is 1310. The molecule has 13 nitrogen and oxygen atoms in total. The van der Waals surface area contributed by atoms with E-state index in [1.807, 2.05) is 0 Å². The largest absolute Gasteiger partial charge is 0.393 e. The predicted octanol–water partition coefficient (Wildman–Crippen LogP) is 1.44. The lowest BCUT2D eigenvalue weighted by Crippen LogP contribution is -2.64. The molecule has 4 heterocycles. The average molecular weight is 741 g/mol. The van der Waals surface area contributed by atoms with Gasteiger partial charge in [-0.3, -0.25) is 0 Å². The smallest absolute Gasteiger partial charge is 0.197 e. The Morgan fingerprint density at radius 3 is 2.02 bits per heavy atom. The molecule has 0 aromatic rings. The summed E-state index contributed by atoms with van der Waals surface area (Å²) in [6.45, 7) is 12.9. The van der Waals surface area contributed by atoms with Crippen LogP contribution in [0.4, 0.5) is 0 Å². The maximum atomic E-state index is 12.0. The molecule has 24 atom stereocenters. The van der Waals surface area contributed by atoms with Crippen LogP contribution in [0.15, 0.2) is 0 Å². The quantitative estimate of drug-likeness (QED) is 0.205.